The zero-order valence-electron chi connectivity index (χ0n) is 16.4. The van der Waals surface area contributed by atoms with Gasteiger partial charge in [0.2, 0.25) is 11.8 Å². The van der Waals surface area contributed by atoms with Gasteiger partial charge in [0.1, 0.15) is 0 Å². The van der Waals surface area contributed by atoms with E-state index in [0.29, 0.717) is 6.54 Å². The Labute approximate surface area is 172 Å². The Balaban J connectivity index is 1.47. The normalized spacial score (nSPS) is 10.5. The molecule has 0 aromatic heterocycles. The van der Waals surface area contributed by atoms with Crippen molar-refractivity contribution in [3.63, 3.8) is 0 Å². The van der Waals surface area contributed by atoms with Crippen LogP contribution in [0.3, 0.4) is 0 Å². The third-order valence-electron chi connectivity index (χ3n) is 4.81. The van der Waals surface area contributed by atoms with E-state index in [9.17, 15) is 9.59 Å². The second-order valence-electron chi connectivity index (χ2n) is 6.95. The highest BCUT2D eigenvalue weighted by atomic mass is 16.2. The summed E-state index contributed by atoms with van der Waals surface area (Å²) in [6.45, 7) is 0.537. The highest BCUT2D eigenvalue weighted by Crippen LogP contribution is 2.27. The molecule has 3 rings (SSSR count). The lowest BCUT2D eigenvalue weighted by molar-refractivity contribution is -0.125. The fourth-order valence-corrected chi connectivity index (χ4v) is 3.34. The Morgan fingerprint density at radius 1 is 0.655 bits per heavy atom. The Morgan fingerprint density at radius 2 is 1.17 bits per heavy atom. The summed E-state index contributed by atoms with van der Waals surface area (Å²) in [7, 11) is 0. The van der Waals surface area contributed by atoms with Gasteiger partial charge in [0.05, 0.1) is 13.0 Å². The highest BCUT2D eigenvalue weighted by Gasteiger charge is 2.14. The van der Waals surface area contributed by atoms with Gasteiger partial charge in [-0.15, -0.1) is 0 Å². The summed E-state index contributed by atoms with van der Waals surface area (Å²) in [6, 6.07) is 30.1. The van der Waals surface area contributed by atoms with Gasteiger partial charge in [0.15, 0.2) is 0 Å². The Hall–Kier alpha value is -3.40. The van der Waals surface area contributed by atoms with E-state index in [1.54, 1.807) is 0 Å². The van der Waals surface area contributed by atoms with Crippen molar-refractivity contribution in [3.05, 3.63) is 108 Å². The van der Waals surface area contributed by atoms with Gasteiger partial charge < -0.3 is 10.6 Å². The zero-order chi connectivity index (χ0) is 20.3. The molecule has 0 aliphatic heterocycles. The molecule has 0 aliphatic carbocycles. The van der Waals surface area contributed by atoms with Crippen LogP contribution in [0.2, 0.25) is 0 Å². The van der Waals surface area contributed by atoms with Crippen LogP contribution < -0.4 is 10.6 Å². The van der Waals surface area contributed by atoms with Gasteiger partial charge >= 0.3 is 0 Å². The minimum absolute atomic E-state index is 0.00694. The van der Waals surface area contributed by atoms with Gasteiger partial charge in [-0.3, -0.25) is 9.59 Å². The van der Waals surface area contributed by atoms with Crippen molar-refractivity contribution in [1.82, 2.24) is 10.6 Å². The van der Waals surface area contributed by atoms with Crippen LogP contribution in [0.5, 0.6) is 0 Å². The molecule has 29 heavy (non-hydrogen) atoms. The fourth-order valence-electron chi connectivity index (χ4n) is 3.34. The van der Waals surface area contributed by atoms with Gasteiger partial charge in [0.25, 0.3) is 0 Å². The molecule has 3 aromatic carbocycles. The topological polar surface area (TPSA) is 58.2 Å². The zero-order valence-corrected chi connectivity index (χ0v) is 16.4. The molecule has 0 radical (unpaired) electrons. The van der Waals surface area contributed by atoms with E-state index in [2.05, 4.69) is 34.9 Å². The summed E-state index contributed by atoms with van der Waals surface area (Å²) in [5.74, 6) is -0.116. The number of carbonyl (C=O) groups excluding carboxylic acids is 2. The molecule has 0 atom stereocenters. The number of carbonyl (C=O) groups is 2. The van der Waals surface area contributed by atoms with Crippen molar-refractivity contribution in [2.75, 3.05) is 13.1 Å². The van der Waals surface area contributed by atoms with E-state index in [-0.39, 0.29) is 30.7 Å². The lowest BCUT2D eigenvalue weighted by Gasteiger charge is -2.18. The largest absolute Gasteiger partial charge is 0.355 e. The molecule has 0 unspecified atom stereocenters. The van der Waals surface area contributed by atoms with Crippen LogP contribution in [0.4, 0.5) is 0 Å². The molecular formula is C25H26N2O2. The Bertz CT molecular complexity index is 856. The average Bonchev–Trinajstić information content (AvgIpc) is 2.77. The minimum Gasteiger partial charge on any atom is -0.355 e. The monoisotopic (exact) mass is 386 g/mol. The molecule has 0 heterocycles. The predicted octanol–water partition coefficient (Wildman–Crippen LogP) is 3.68. The minimum atomic E-state index is -0.175. The van der Waals surface area contributed by atoms with Gasteiger partial charge in [-0.05, 0) is 23.1 Å². The van der Waals surface area contributed by atoms with Crippen molar-refractivity contribution in [3.8, 4) is 0 Å². The second kappa shape index (κ2) is 10.8. The maximum atomic E-state index is 12.1. The van der Waals surface area contributed by atoms with Crippen molar-refractivity contribution in [2.24, 2.45) is 0 Å². The molecule has 3 aromatic rings. The second-order valence-corrected chi connectivity index (χ2v) is 6.95. The van der Waals surface area contributed by atoms with E-state index in [4.69, 9.17) is 0 Å². The number of rotatable bonds is 9. The molecule has 4 heteroatoms. The van der Waals surface area contributed by atoms with E-state index in [1.807, 2.05) is 66.7 Å². The molecule has 0 bridgehead atoms. The number of amides is 2. The maximum absolute atomic E-state index is 12.1. The van der Waals surface area contributed by atoms with Crippen LogP contribution in [-0.2, 0) is 16.0 Å². The predicted molar refractivity (Wildman–Crippen MR) is 116 cm³/mol. The van der Waals surface area contributed by atoms with Gasteiger partial charge in [0, 0.05) is 12.5 Å². The molecule has 2 amide bonds. The van der Waals surface area contributed by atoms with Crippen LogP contribution in [0.15, 0.2) is 91.0 Å². The van der Waals surface area contributed by atoms with Crippen LogP contribution in [0.1, 0.15) is 29.0 Å². The van der Waals surface area contributed by atoms with Gasteiger partial charge in [-0.1, -0.05) is 91.0 Å². The molecular weight excluding hydrogens is 360 g/mol. The first kappa shape index (κ1) is 20.3. The third-order valence-corrected chi connectivity index (χ3v) is 4.81. The first-order chi connectivity index (χ1) is 14.2. The van der Waals surface area contributed by atoms with Crippen LogP contribution in [0, 0.1) is 0 Å². The standard InChI is InChI=1S/C25H26N2O2/c28-24(18-20-10-4-1-5-11-20)27-19-25(29)26-17-16-23(21-12-6-2-7-13-21)22-14-8-3-9-15-22/h1-15,23H,16-19H2,(H,26,29)(H,27,28). The number of hydrogen-bond donors (Lipinski definition) is 2. The summed E-state index contributed by atoms with van der Waals surface area (Å²) >= 11 is 0. The van der Waals surface area contributed by atoms with Crippen molar-refractivity contribution in [1.29, 1.82) is 0 Å². The van der Waals surface area contributed by atoms with Crippen LogP contribution >= 0.6 is 0 Å². The molecule has 0 aliphatic rings. The summed E-state index contributed by atoms with van der Waals surface area (Å²) < 4.78 is 0. The molecule has 2 N–H and O–H groups in total. The Kier molecular flexibility index (Phi) is 7.58. The smallest absolute Gasteiger partial charge is 0.239 e. The summed E-state index contributed by atoms with van der Waals surface area (Å²) in [6.07, 6.45) is 1.07. The van der Waals surface area contributed by atoms with Gasteiger partial charge in [-0.25, -0.2) is 0 Å². The molecule has 4 nitrogen and oxygen atoms in total. The highest BCUT2D eigenvalue weighted by molar-refractivity contribution is 5.85. The fraction of sp³-hybridized carbons (Fsp3) is 0.200. The quantitative estimate of drug-likeness (QED) is 0.589. The first-order valence-electron chi connectivity index (χ1n) is 9.89. The van der Waals surface area contributed by atoms with E-state index < -0.39 is 0 Å². The number of nitrogens with one attached hydrogen (secondary N) is 2. The molecule has 0 saturated heterocycles. The number of benzene rings is 3. The first-order valence-corrected chi connectivity index (χ1v) is 9.89. The van der Waals surface area contributed by atoms with E-state index >= 15 is 0 Å². The van der Waals surface area contributed by atoms with E-state index in [1.165, 1.54) is 11.1 Å². The van der Waals surface area contributed by atoms with Crippen molar-refractivity contribution >= 4 is 11.8 Å². The summed E-state index contributed by atoms with van der Waals surface area (Å²) in [4.78, 5) is 24.1. The third kappa shape index (κ3) is 6.61. The molecule has 148 valence electrons. The maximum Gasteiger partial charge on any atom is 0.239 e. The van der Waals surface area contributed by atoms with Crippen LogP contribution in [-0.4, -0.2) is 24.9 Å². The molecule has 0 spiro atoms. The lowest BCUT2D eigenvalue weighted by Crippen LogP contribution is -2.38. The summed E-state index contributed by atoms with van der Waals surface area (Å²) in [5, 5.41) is 5.60. The molecule has 0 fully saturated rings. The average molecular weight is 386 g/mol. The summed E-state index contributed by atoms with van der Waals surface area (Å²) in [5.41, 5.74) is 3.38. The Morgan fingerprint density at radius 3 is 1.72 bits per heavy atom. The van der Waals surface area contributed by atoms with Crippen LogP contribution in [0.25, 0.3) is 0 Å². The number of hydrogen-bond acceptors (Lipinski definition) is 2. The van der Waals surface area contributed by atoms with E-state index in [0.717, 1.165) is 12.0 Å². The SMILES string of the molecule is O=C(CNC(=O)Cc1ccccc1)NCCC(c1ccccc1)c1ccccc1. The lowest BCUT2D eigenvalue weighted by atomic mass is 9.88. The van der Waals surface area contributed by atoms with Crippen molar-refractivity contribution < 1.29 is 9.59 Å². The molecule has 0 saturated carbocycles. The van der Waals surface area contributed by atoms with Crippen molar-refractivity contribution in [2.45, 2.75) is 18.8 Å². The van der Waals surface area contributed by atoms with Gasteiger partial charge in [-0.2, -0.15) is 0 Å².